The van der Waals surface area contributed by atoms with Gasteiger partial charge >= 0.3 is 0 Å². The van der Waals surface area contributed by atoms with E-state index in [1.807, 2.05) is 24.3 Å². The van der Waals surface area contributed by atoms with E-state index in [0.717, 1.165) is 42.5 Å². The van der Waals surface area contributed by atoms with E-state index < -0.39 is 5.82 Å². The Morgan fingerprint density at radius 1 is 0.966 bits per heavy atom. The lowest BCUT2D eigenvalue weighted by atomic mass is 9.96. The third-order valence-corrected chi connectivity index (χ3v) is 5.87. The molecule has 29 heavy (non-hydrogen) atoms. The molecule has 0 amide bonds. The van der Waals surface area contributed by atoms with E-state index in [4.69, 9.17) is 11.6 Å². The van der Waals surface area contributed by atoms with Crippen molar-refractivity contribution in [2.75, 3.05) is 18.0 Å². The lowest BCUT2D eigenvalue weighted by Gasteiger charge is -2.28. The van der Waals surface area contributed by atoms with Crippen molar-refractivity contribution in [3.63, 3.8) is 0 Å². The molecule has 1 aliphatic heterocycles. The van der Waals surface area contributed by atoms with E-state index in [-0.39, 0.29) is 21.9 Å². The first-order valence-electron chi connectivity index (χ1n) is 9.73. The Morgan fingerprint density at radius 2 is 1.76 bits per heavy atom. The fourth-order valence-corrected chi connectivity index (χ4v) is 4.52. The highest BCUT2D eigenvalue weighted by molar-refractivity contribution is 6.35. The second kappa shape index (κ2) is 7.16. The lowest BCUT2D eigenvalue weighted by Crippen LogP contribution is -2.30. The number of halogens is 2. The standard InChI is InChI=1S/C23H19ClFN3O/c24-19-12-18-22(26-13-27-23(18)28-8-4-1-5-9-28)21(25)20(19)17-11-15(29)10-14-6-2-3-7-16(14)17/h2-3,6-7,10-13,29H,1,4-5,8-9H2. The molecule has 0 radical (unpaired) electrons. The van der Waals surface area contributed by atoms with Gasteiger partial charge < -0.3 is 10.0 Å². The molecule has 0 atom stereocenters. The van der Waals surface area contributed by atoms with Gasteiger partial charge in [-0.25, -0.2) is 14.4 Å². The summed E-state index contributed by atoms with van der Waals surface area (Å²) in [4.78, 5) is 10.8. The molecule has 0 saturated carbocycles. The van der Waals surface area contributed by atoms with Gasteiger partial charge in [-0.1, -0.05) is 35.9 Å². The number of nitrogens with zero attached hydrogens (tertiary/aromatic N) is 3. The van der Waals surface area contributed by atoms with Crippen molar-refractivity contribution in [3.8, 4) is 16.9 Å². The van der Waals surface area contributed by atoms with E-state index in [1.165, 1.54) is 12.7 Å². The van der Waals surface area contributed by atoms with Crippen LogP contribution in [0.1, 0.15) is 19.3 Å². The zero-order valence-corrected chi connectivity index (χ0v) is 16.5. The summed E-state index contributed by atoms with van der Waals surface area (Å²) >= 11 is 6.61. The zero-order chi connectivity index (χ0) is 20.0. The minimum Gasteiger partial charge on any atom is -0.508 e. The average Bonchev–Trinajstić information content (AvgIpc) is 2.74. The molecule has 0 bridgehead atoms. The molecule has 146 valence electrons. The third kappa shape index (κ3) is 3.06. The Bertz CT molecular complexity index is 1240. The minimum atomic E-state index is -0.496. The smallest absolute Gasteiger partial charge is 0.158 e. The van der Waals surface area contributed by atoms with E-state index >= 15 is 4.39 Å². The van der Waals surface area contributed by atoms with Crippen molar-refractivity contribution in [1.29, 1.82) is 0 Å². The molecule has 0 unspecified atom stereocenters. The van der Waals surface area contributed by atoms with E-state index in [0.29, 0.717) is 10.9 Å². The highest BCUT2D eigenvalue weighted by Crippen LogP contribution is 2.41. The summed E-state index contributed by atoms with van der Waals surface area (Å²) in [5.41, 5.74) is 1.03. The molecule has 0 spiro atoms. The summed E-state index contributed by atoms with van der Waals surface area (Å²) < 4.78 is 15.7. The third-order valence-electron chi connectivity index (χ3n) is 5.57. The van der Waals surface area contributed by atoms with Crippen molar-refractivity contribution in [1.82, 2.24) is 9.97 Å². The Kier molecular flexibility index (Phi) is 4.47. The Hall–Kier alpha value is -2.92. The van der Waals surface area contributed by atoms with Gasteiger partial charge in [-0.15, -0.1) is 0 Å². The molecule has 1 aromatic heterocycles. The molecule has 5 rings (SSSR count). The van der Waals surface area contributed by atoms with Crippen molar-refractivity contribution in [2.45, 2.75) is 19.3 Å². The number of phenolic OH excluding ortho intramolecular Hbond substituents is 1. The number of hydrogen-bond donors (Lipinski definition) is 1. The Labute approximate surface area is 172 Å². The lowest BCUT2D eigenvalue weighted by molar-refractivity contribution is 0.476. The van der Waals surface area contributed by atoms with E-state index in [1.54, 1.807) is 18.2 Å². The first-order chi connectivity index (χ1) is 14.1. The molecule has 4 aromatic rings. The minimum absolute atomic E-state index is 0.0611. The van der Waals surface area contributed by atoms with E-state index in [2.05, 4.69) is 14.9 Å². The normalized spacial score (nSPS) is 14.6. The molecule has 0 aliphatic carbocycles. The van der Waals surface area contributed by atoms with Crippen LogP contribution in [-0.4, -0.2) is 28.2 Å². The number of aromatic hydroxyl groups is 1. The SMILES string of the molecule is Oc1cc(-c2c(Cl)cc3c(N4CCCCC4)ncnc3c2F)c2ccccc2c1. The van der Waals surface area contributed by atoms with Crippen LogP contribution in [0.4, 0.5) is 10.2 Å². The van der Waals surface area contributed by atoms with Gasteiger partial charge in [0.15, 0.2) is 5.82 Å². The van der Waals surface area contributed by atoms with Gasteiger partial charge in [0.25, 0.3) is 0 Å². The van der Waals surface area contributed by atoms with E-state index in [9.17, 15) is 5.11 Å². The van der Waals surface area contributed by atoms with Crippen LogP contribution >= 0.6 is 11.6 Å². The zero-order valence-electron chi connectivity index (χ0n) is 15.7. The second-order valence-corrected chi connectivity index (χ2v) is 7.81. The topological polar surface area (TPSA) is 49.2 Å². The van der Waals surface area contributed by atoms with Crippen molar-refractivity contribution < 1.29 is 9.50 Å². The summed E-state index contributed by atoms with van der Waals surface area (Å²) in [7, 11) is 0. The largest absolute Gasteiger partial charge is 0.508 e. The van der Waals surface area contributed by atoms with Crippen LogP contribution in [0.15, 0.2) is 48.8 Å². The number of anilines is 1. The van der Waals surface area contributed by atoms with Gasteiger partial charge in [0, 0.05) is 24.0 Å². The van der Waals surface area contributed by atoms with Crippen LogP contribution in [0, 0.1) is 5.82 Å². The van der Waals surface area contributed by atoms with Crippen molar-refractivity contribution in [2.24, 2.45) is 0 Å². The molecule has 1 aliphatic rings. The maximum absolute atomic E-state index is 15.7. The number of benzene rings is 3. The van der Waals surface area contributed by atoms with Crippen LogP contribution in [-0.2, 0) is 0 Å². The quantitative estimate of drug-likeness (QED) is 0.447. The number of fused-ring (bicyclic) bond motifs is 2. The predicted molar refractivity (Wildman–Crippen MR) is 115 cm³/mol. The highest BCUT2D eigenvalue weighted by Gasteiger charge is 2.22. The van der Waals surface area contributed by atoms with Crippen LogP contribution in [0.2, 0.25) is 5.02 Å². The Balaban J connectivity index is 1.77. The first kappa shape index (κ1) is 18.1. The first-order valence-corrected chi connectivity index (χ1v) is 10.1. The highest BCUT2D eigenvalue weighted by atomic mass is 35.5. The van der Waals surface area contributed by atoms with Gasteiger partial charge in [-0.2, -0.15) is 0 Å². The summed E-state index contributed by atoms with van der Waals surface area (Å²) in [6.07, 6.45) is 4.79. The number of aromatic nitrogens is 2. The molecule has 4 nitrogen and oxygen atoms in total. The van der Waals surface area contributed by atoms with Crippen LogP contribution in [0.5, 0.6) is 5.75 Å². The molecular formula is C23H19ClFN3O. The summed E-state index contributed by atoms with van der Waals surface area (Å²) in [6.45, 7) is 1.79. The summed E-state index contributed by atoms with van der Waals surface area (Å²) in [5.74, 6) is 0.290. The molecule has 1 fully saturated rings. The molecule has 6 heteroatoms. The average molecular weight is 408 g/mol. The molecular weight excluding hydrogens is 389 g/mol. The Morgan fingerprint density at radius 3 is 2.59 bits per heavy atom. The van der Waals surface area contributed by atoms with Gasteiger partial charge in [0.1, 0.15) is 23.4 Å². The van der Waals surface area contributed by atoms with Gasteiger partial charge in [0.2, 0.25) is 0 Å². The second-order valence-electron chi connectivity index (χ2n) is 7.40. The number of rotatable bonds is 2. The van der Waals surface area contributed by atoms with Gasteiger partial charge in [-0.05, 0) is 53.8 Å². The summed E-state index contributed by atoms with van der Waals surface area (Å²) in [5, 5.41) is 12.7. The molecule has 3 aromatic carbocycles. The maximum Gasteiger partial charge on any atom is 0.158 e. The summed E-state index contributed by atoms with van der Waals surface area (Å²) in [6, 6.07) is 12.5. The van der Waals surface area contributed by atoms with Crippen LogP contribution < -0.4 is 4.90 Å². The maximum atomic E-state index is 15.7. The van der Waals surface area contributed by atoms with Crippen molar-refractivity contribution in [3.05, 3.63) is 59.6 Å². The van der Waals surface area contributed by atoms with Crippen LogP contribution in [0.3, 0.4) is 0 Å². The fourth-order valence-electron chi connectivity index (χ4n) is 4.22. The number of piperidine rings is 1. The number of hydrogen-bond acceptors (Lipinski definition) is 4. The van der Waals surface area contributed by atoms with Crippen molar-refractivity contribution >= 4 is 39.1 Å². The molecule has 1 N–H and O–H groups in total. The fraction of sp³-hybridized carbons (Fsp3) is 0.217. The van der Waals surface area contributed by atoms with Gasteiger partial charge in [0.05, 0.1) is 5.02 Å². The molecule has 1 saturated heterocycles. The molecule has 2 heterocycles. The van der Waals surface area contributed by atoms with Crippen LogP contribution in [0.25, 0.3) is 32.8 Å². The van der Waals surface area contributed by atoms with Gasteiger partial charge in [-0.3, -0.25) is 0 Å². The predicted octanol–water partition coefficient (Wildman–Crippen LogP) is 5.94. The number of phenols is 1. The monoisotopic (exact) mass is 407 g/mol.